The zero-order valence-electron chi connectivity index (χ0n) is 6.26. The van der Waals surface area contributed by atoms with Crippen molar-refractivity contribution in [2.45, 2.75) is 25.5 Å². The zero-order chi connectivity index (χ0) is 7.56. The van der Waals surface area contributed by atoms with E-state index in [4.69, 9.17) is 0 Å². The van der Waals surface area contributed by atoms with Gasteiger partial charge in [-0.1, -0.05) is 6.92 Å². The Hall–Kier alpha value is -0.310. The highest BCUT2D eigenvalue weighted by Crippen LogP contribution is 2.21. The first kappa shape index (κ1) is 7.79. The largest absolute Gasteiger partial charge is 0.292 e. The molecular formula is C7H11NOS. The molecule has 0 bridgehead atoms. The topological polar surface area (TPSA) is 29.4 Å². The average molecular weight is 157 g/mol. The van der Waals surface area contributed by atoms with E-state index in [0.717, 1.165) is 13.0 Å². The second-order valence-corrected chi connectivity index (χ2v) is 3.89. The van der Waals surface area contributed by atoms with Gasteiger partial charge in [0.25, 0.3) is 0 Å². The molecule has 0 aliphatic carbocycles. The minimum absolute atomic E-state index is 0.108. The van der Waals surface area contributed by atoms with Crippen LogP contribution in [0.15, 0.2) is 4.99 Å². The molecule has 0 spiro atoms. The maximum absolute atomic E-state index is 10.8. The van der Waals surface area contributed by atoms with E-state index < -0.39 is 0 Å². The molecule has 2 nitrogen and oxygen atoms in total. The molecule has 0 aromatic carbocycles. The van der Waals surface area contributed by atoms with Gasteiger partial charge in [-0.15, -0.1) is 11.8 Å². The van der Waals surface area contributed by atoms with Crippen LogP contribution in [0.5, 0.6) is 0 Å². The van der Waals surface area contributed by atoms with Gasteiger partial charge in [-0.3, -0.25) is 9.79 Å². The Morgan fingerprint density at radius 1 is 1.80 bits per heavy atom. The third kappa shape index (κ3) is 1.84. The summed E-state index contributed by atoms with van der Waals surface area (Å²) in [6.45, 7) is 4.52. The Morgan fingerprint density at radius 3 is 2.90 bits per heavy atom. The van der Waals surface area contributed by atoms with Crippen LogP contribution in [-0.2, 0) is 4.79 Å². The van der Waals surface area contributed by atoms with Crippen LogP contribution in [0.1, 0.15) is 20.3 Å². The van der Waals surface area contributed by atoms with Crippen molar-refractivity contribution in [3.63, 3.8) is 0 Å². The lowest BCUT2D eigenvalue weighted by molar-refractivity contribution is -0.110. The molecule has 1 heterocycles. The van der Waals surface area contributed by atoms with E-state index in [9.17, 15) is 4.79 Å². The average Bonchev–Trinajstić information content (AvgIpc) is 1.88. The Bertz CT molecular complexity index is 176. The fraction of sp³-hybridized carbons (Fsp3) is 0.714. The summed E-state index contributed by atoms with van der Waals surface area (Å²) in [5.41, 5.74) is 0. The molecule has 0 fully saturated rings. The maximum atomic E-state index is 10.8. The minimum Gasteiger partial charge on any atom is -0.292 e. The molecule has 1 atom stereocenters. The molecule has 0 radical (unpaired) electrons. The van der Waals surface area contributed by atoms with E-state index in [1.807, 2.05) is 0 Å². The van der Waals surface area contributed by atoms with Crippen LogP contribution in [0, 0.1) is 0 Å². The summed E-state index contributed by atoms with van der Waals surface area (Å²) >= 11 is 1.59. The third-order valence-electron chi connectivity index (χ3n) is 1.41. The second-order valence-electron chi connectivity index (χ2n) is 2.46. The van der Waals surface area contributed by atoms with E-state index in [0.29, 0.717) is 10.3 Å². The van der Waals surface area contributed by atoms with Crippen molar-refractivity contribution in [2.75, 3.05) is 6.54 Å². The number of Topliss-reactive ketones (excluding diaryl/α,β-unsaturated/α-hetero) is 1. The van der Waals surface area contributed by atoms with Gasteiger partial charge >= 0.3 is 0 Å². The van der Waals surface area contributed by atoms with E-state index in [1.54, 1.807) is 18.7 Å². The normalized spacial score (nSPS) is 25.8. The molecule has 1 aliphatic rings. The fourth-order valence-electron chi connectivity index (χ4n) is 0.829. The first-order chi connectivity index (χ1) is 4.70. The number of aliphatic imine (C=N–C) groups is 1. The van der Waals surface area contributed by atoms with Crippen LogP contribution in [0.4, 0.5) is 0 Å². The quantitative estimate of drug-likeness (QED) is 0.577. The van der Waals surface area contributed by atoms with Gasteiger partial charge in [0.2, 0.25) is 0 Å². The number of carbonyl (C=O) groups excluding carboxylic acids is 1. The van der Waals surface area contributed by atoms with Crippen molar-refractivity contribution < 1.29 is 4.79 Å². The molecule has 0 amide bonds. The van der Waals surface area contributed by atoms with Crippen LogP contribution < -0.4 is 0 Å². The van der Waals surface area contributed by atoms with Crippen molar-refractivity contribution in [1.29, 1.82) is 0 Å². The standard InChI is InChI=1S/C7H11NOS/c1-5-3-4-8-7(10-5)6(2)9/h5H,3-4H2,1-2H3. The minimum atomic E-state index is 0.108. The predicted molar refractivity (Wildman–Crippen MR) is 44.7 cm³/mol. The number of carbonyl (C=O) groups is 1. The lowest BCUT2D eigenvalue weighted by Gasteiger charge is -2.14. The van der Waals surface area contributed by atoms with Gasteiger partial charge in [-0.05, 0) is 6.42 Å². The number of nitrogens with zero attached hydrogens (tertiary/aromatic N) is 1. The molecule has 0 saturated heterocycles. The number of hydrogen-bond acceptors (Lipinski definition) is 3. The number of ketones is 1. The lowest BCUT2D eigenvalue weighted by atomic mass is 10.3. The zero-order valence-corrected chi connectivity index (χ0v) is 7.07. The first-order valence-electron chi connectivity index (χ1n) is 3.42. The summed E-state index contributed by atoms with van der Waals surface area (Å²) in [7, 11) is 0. The SMILES string of the molecule is CC(=O)C1=NCCC(C)S1. The van der Waals surface area contributed by atoms with Gasteiger partial charge in [-0.25, -0.2) is 0 Å². The summed E-state index contributed by atoms with van der Waals surface area (Å²) in [4.78, 5) is 14.9. The number of thioether (sulfide) groups is 1. The van der Waals surface area contributed by atoms with Gasteiger partial charge in [0.05, 0.1) is 0 Å². The van der Waals surface area contributed by atoms with E-state index in [1.165, 1.54) is 0 Å². The molecule has 1 aliphatic heterocycles. The molecule has 0 N–H and O–H groups in total. The number of hydrogen-bond donors (Lipinski definition) is 0. The lowest BCUT2D eigenvalue weighted by Crippen LogP contribution is -2.16. The molecule has 0 aromatic heterocycles. The van der Waals surface area contributed by atoms with Crippen molar-refractivity contribution in [1.82, 2.24) is 0 Å². The van der Waals surface area contributed by atoms with Crippen LogP contribution in [0.3, 0.4) is 0 Å². The number of rotatable bonds is 1. The molecule has 3 heteroatoms. The highest BCUT2D eigenvalue weighted by atomic mass is 32.2. The van der Waals surface area contributed by atoms with E-state index >= 15 is 0 Å². The Balaban J connectivity index is 2.60. The summed E-state index contributed by atoms with van der Waals surface area (Å²) < 4.78 is 0. The summed E-state index contributed by atoms with van der Waals surface area (Å²) in [5.74, 6) is 0.108. The van der Waals surface area contributed by atoms with Gasteiger partial charge in [-0.2, -0.15) is 0 Å². The van der Waals surface area contributed by atoms with Gasteiger partial charge < -0.3 is 0 Å². The highest BCUT2D eigenvalue weighted by Gasteiger charge is 2.15. The third-order valence-corrected chi connectivity index (χ3v) is 2.68. The van der Waals surface area contributed by atoms with Crippen molar-refractivity contribution >= 4 is 22.6 Å². The Labute approximate surface area is 65.1 Å². The molecule has 10 heavy (non-hydrogen) atoms. The van der Waals surface area contributed by atoms with E-state index in [2.05, 4.69) is 11.9 Å². The van der Waals surface area contributed by atoms with E-state index in [-0.39, 0.29) is 5.78 Å². The fourth-order valence-corrected chi connectivity index (χ4v) is 1.77. The maximum Gasteiger partial charge on any atom is 0.184 e. The summed E-state index contributed by atoms with van der Waals surface area (Å²) in [5, 5.41) is 1.27. The van der Waals surface area contributed by atoms with Gasteiger partial charge in [0.1, 0.15) is 5.04 Å². The molecule has 0 aromatic rings. The smallest absolute Gasteiger partial charge is 0.184 e. The van der Waals surface area contributed by atoms with Gasteiger partial charge in [0, 0.05) is 18.7 Å². The molecule has 1 rings (SSSR count). The molecule has 0 saturated carbocycles. The molecular weight excluding hydrogens is 146 g/mol. The van der Waals surface area contributed by atoms with Crippen LogP contribution >= 0.6 is 11.8 Å². The molecule has 1 unspecified atom stereocenters. The predicted octanol–water partition coefficient (Wildman–Crippen LogP) is 1.50. The van der Waals surface area contributed by atoms with Crippen LogP contribution in [0.25, 0.3) is 0 Å². The second kappa shape index (κ2) is 3.19. The monoisotopic (exact) mass is 157 g/mol. The molecule has 56 valence electrons. The summed E-state index contributed by atoms with van der Waals surface area (Å²) in [6.07, 6.45) is 1.10. The van der Waals surface area contributed by atoms with Crippen LogP contribution in [0.2, 0.25) is 0 Å². The Kier molecular flexibility index (Phi) is 2.49. The van der Waals surface area contributed by atoms with Crippen molar-refractivity contribution in [3.05, 3.63) is 0 Å². The Morgan fingerprint density at radius 2 is 2.50 bits per heavy atom. The van der Waals surface area contributed by atoms with Crippen molar-refractivity contribution in [2.24, 2.45) is 4.99 Å². The van der Waals surface area contributed by atoms with Gasteiger partial charge in [0.15, 0.2) is 5.78 Å². The van der Waals surface area contributed by atoms with Crippen molar-refractivity contribution in [3.8, 4) is 0 Å². The highest BCUT2D eigenvalue weighted by molar-refractivity contribution is 8.16. The first-order valence-corrected chi connectivity index (χ1v) is 4.30. The van der Waals surface area contributed by atoms with Crippen LogP contribution in [-0.4, -0.2) is 22.6 Å². The summed E-state index contributed by atoms with van der Waals surface area (Å²) in [6, 6.07) is 0.